The van der Waals surface area contributed by atoms with Crippen LogP contribution in [0.5, 0.6) is 0 Å². The van der Waals surface area contributed by atoms with Crippen molar-refractivity contribution in [2.45, 2.75) is 45.6 Å². The van der Waals surface area contributed by atoms with Gasteiger partial charge in [0, 0.05) is 13.2 Å². The molecule has 20 heavy (non-hydrogen) atoms. The summed E-state index contributed by atoms with van der Waals surface area (Å²) in [4.78, 5) is 0. The van der Waals surface area contributed by atoms with Gasteiger partial charge in [-0.25, -0.2) is 8.78 Å². The Kier molecular flexibility index (Phi) is 8.65. The van der Waals surface area contributed by atoms with E-state index in [-0.39, 0.29) is 0 Å². The van der Waals surface area contributed by atoms with Gasteiger partial charge in [-0.15, -0.1) is 0 Å². The van der Waals surface area contributed by atoms with Crippen molar-refractivity contribution in [1.29, 1.82) is 0 Å². The van der Waals surface area contributed by atoms with Gasteiger partial charge in [-0.05, 0) is 50.4 Å². The summed E-state index contributed by atoms with van der Waals surface area (Å²) in [7, 11) is -1.47. The number of hydrogen-bond donors (Lipinski definition) is 0. The second kappa shape index (κ2) is 10.0. The van der Waals surface area contributed by atoms with Crippen LogP contribution in [-0.2, 0) is 15.3 Å². The molecule has 0 aliphatic heterocycles. The van der Waals surface area contributed by atoms with Gasteiger partial charge in [0.2, 0.25) is 0 Å². The second-order valence-corrected chi connectivity index (χ2v) is 6.79. The highest BCUT2D eigenvalue weighted by Gasteiger charge is 2.11. The van der Waals surface area contributed by atoms with E-state index in [0.29, 0.717) is 13.2 Å². The molecule has 0 spiro atoms. The molecule has 0 aromatic heterocycles. The molecular formula is C15H24F2O2Si. The minimum absolute atomic E-state index is 0.714. The topological polar surface area (TPSA) is 18.5 Å². The van der Waals surface area contributed by atoms with Crippen LogP contribution in [0.2, 0.25) is 6.04 Å². The summed E-state index contributed by atoms with van der Waals surface area (Å²) in [5.74, 6) is -1.54. The lowest BCUT2D eigenvalue weighted by Crippen LogP contribution is -2.22. The first-order valence-electron chi connectivity index (χ1n) is 7.34. The van der Waals surface area contributed by atoms with E-state index in [4.69, 9.17) is 8.85 Å². The fourth-order valence-corrected chi connectivity index (χ4v) is 3.89. The fraction of sp³-hybridized carbons (Fsp3) is 0.600. The van der Waals surface area contributed by atoms with Crippen LogP contribution >= 0.6 is 0 Å². The molecule has 0 radical (unpaired) electrons. The van der Waals surface area contributed by atoms with Crippen molar-refractivity contribution in [3.8, 4) is 0 Å². The monoisotopic (exact) mass is 302 g/mol. The van der Waals surface area contributed by atoms with Crippen LogP contribution in [0.4, 0.5) is 8.78 Å². The van der Waals surface area contributed by atoms with Crippen molar-refractivity contribution in [3.05, 3.63) is 35.4 Å². The number of halogens is 2. The van der Waals surface area contributed by atoms with Crippen LogP contribution in [0.25, 0.3) is 0 Å². The molecule has 0 saturated carbocycles. The third-order valence-electron chi connectivity index (χ3n) is 3.09. The van der Waals surface area contributed by atoms with E-state index in [1.54, 1.807) is 6.07 Å². The first-order valence-corrected chi connectivity index (χ1v) is 9.10. The predicted octanol–water partition coefficient (Wildman–Crippen LogP) is 3.97. The number of hydrogen-bond acceptors (Lipinski definition) is 2. The van der Waals surface area contributed by atoms with Crippen LogP contribution < -0.4 is 0 Å². The summed E-state index contributed by atoms with van der Waals surface area (Å²) < 4.78 is 37.0. The van der Waals surface area contributed by atoms with E-state index in [2.05, 4.69) is 0 Å². The molecule has 0 amide bonds. The first-order chi connectivity index (χ1) is 9.67. The van der Waals surface area contributed by atoms with Crippen molar-refractivity contribution in [1.82, 2.24) is 0 Å². The third kappa shape index (κ3) is 6.59. The van der Waals surface area contributed by atoms with E-state index in [1.807, 2.05) is 13.8 Å². The highest BCUT2D eigenvalue weighted by atomic mass is 28.3. The number of rotatable bonds is 10. The predicted molar refractivity (Wildman–Crippen MR) is 79.1 cm³/mol. The Balaban J connectivity index is 2.19. The maximum absolute atomic E-state index is 13.0. The number of aryl methyl sites for hydroxylation is 1. The normalized spacial score (nSPS) is 11.2. The van der Waals surface area contributed by atoms with Crippen molar-refractivity contribution in [2.24, 2.45) is 0 Å². The molecule has 1 rings (SSSR count). The van der Waals surface area contributed by atoms with Gasteiger partial charge in [-0.3, -0.25) is 0 Å². The van der Waals surface area contributed by atoms with Crippen LogP contribution in [0.1, 0.15) is 38.7 Å². The molecule has 0 atom stereocenters. The van der Waals surface area contributed by atoms with Crippen LogP contribution in [-0.4, -0.2) is 22.5 Å². The Hall–Kier alpha value is -0.783. The number of unbranched alkanes of at least 4 members (excludes halogenated alkanes) is 2. The van der Waals surface area contributed by atoms with Gasteiger partial charge in [0.05, 0.1) is 0 Å². The molecule has 0 bridgehead atoms. The molecule has 0 saturated heterocycles. The largest absolute Gasteiger partial charge is 0.397 e. The summed E-state index contributed by atoms with van der Waals surface area (Å²) in [6.45, 7) is 5.40. The summed E-state index contributed by atoms with van der Waals surface area (Å²) in [5, 5.41) is 0. The van der Waals surface area contributed by atoms with Crippen molar-refractivity contribution in [2.75, 3.05) is 13.2 Å². The Morgan fingerprint density at radius 1 is 0.950 bits per heavy atom. The first kappa shape index (κ1) is 17.3. The van der Waals surface area contributed by atoms with Gasteiger partial charge in [-0.2, -0.15) is 0 Å². The number of benzene rings is 1. The maximum Gasteiger partial charge on any atom is 0.321 e. The smallest absolute Gasteiger partial charge is 0.321 e. The fourth-order valence-electron chi connectivity index (χ4n) is 2.10. The molecule has 0 heterocycles. The molecule has 0 fully saturated rings. The summed E-state index contributed by atoms with van der Waals surface area (Å²) in [6, 6.07) is 5.14. The zero-order chi connectivity index (χ0) is 14.8. The maximum atomic E-state index is 13.0. The molecule has 0 unspecified atom stereocenters. The Labute approximate surface area is 121 Å². The molecule has 0 N–H and O–H groups in total. The molecule has 0 aliphatic carbocycles. The Bertz CT molecular complexity index is 382. The van der Waals surface area contributed by atoms with Gasteiger partial charge in [0.1, 0.15) is 0 Å². The van der Waals surface area contributed by atoms with E-state index in [1.165, 1.54) is 12.1 Å². The van der Waals surface area contributed by atoms with E-state index in [0.717, 1.165) is 37.3 Å². The van der Waals surface area contributed by atoms with E-state index in [9.17, 15) is 8.78 Å². The zero-order valence-electron chi connectivity index (χ0n) is 12.3. The molecule has 114 valence electrons. The SMILES string of the molecule is CCO[SiH](CCCCCc1ccc(F)c(F)c1)OCC. The van der Waals surface area contributed by atoms with E-state index < -0.39 is 20.9 Å². The molecule has 2 nitrogen and oxygen atoms in total. The average Bonchev–Trinajstić information content (AvgIpc) is 2.43. The highest BCUT2D eigenvalue weighted by molar-refractivity contribution is 6.44. The second-order valence-electron chi connectivity index (χ2n) is 4.69. The third-order valence-corrected chi connectivity index (χ3v) is 5.38. The van der Waals surface area contributed by atoms with Crippen molar-refractivity contribution < 1.29 is 17.6 Å². The van der Waals surface area contributed by atoms with Gasteiger partial charge in [-0.1, -0.05) is 18.9 Å². The molecule has 5 heteroatoms. The molecular weight excluding hydrogens is 278 g/mol. The van der Waals surface area contributed by atoms with Crippen molar-refractivity contribution >= 4 is 9.28 Å². The van der Waals surface area contributed by atoms with Crippen LogP contribution in [0.15, 0.2) is 18.2 Å². The van der Waals surface area contributed by atoms with Gasteiger partial charge < -0.3 is 8.85 Å². The van der Waals surface area contributed by atoms with Gasteiger partial charge in [0.15, 0.2) is 11.6 Å². The summed E-state index contributed by atoms with van der Waals surface area (Å²) in [6.07, 6.45) is 3.89. The molecule has 0 aliphatic rings. The molecule has 1 aromatic rings. The lowest BCUT2D eigenvalue weighted by atomic mass is 10.1. The summed E-state index contributed by atoms with van der Waals surface area (Å²) in [5.41, 5.74) is 0.854. The summed E-state index contributed by atoms with van der Waals surface area (Å²) >= 11 is 0. The molecule has 1 aromatic carbocycles. The minimum atomic E-state index is -1.47. The van der Waals surface area contributed by atoms with Crippen molar-refractivity contribution in [3.63, 3.8) is 0 Å². The van der Waals surface area contributed by atoms with Crippen LogP contribution in [0.3, 0.4) is 0 Å². The minimum Gasteiger partial charge on any atom is -0.397 e. The lowest BCUT2D eigenvalue weighted by molar-refractivity contribution is 0.212. The lowest BCUT2D eigenvalue weighted by Gasteiger charge is -2.14. The highest BCUT2D eigenvalue weighted by Crippen LogP contribution is 2.13. The van der Waals surface area contributed by atoms with Gasteiger partial charge >= 0.3 is 9.28 Å². The van der Waals surface area contributed by atoms with Crippen LogP contribution in [0, 0.1) is 11.6 Å². The Morgan fingerprint density at radius 2 is 1.65 bits per heavy atom. The zero-order valence-corrected chi connectivity index (χ0v) is 13.5. The Morgan fingerprint density at radius 3 is 2.25 bits per heavy atom. The van der Waals surface area contributed by atoms with Gasteiger partial charge in [0.25, 0.3) is 0 Å². The quantitative estimate of drug-likeness (QED) is 0.481. The average molecular weight is 302 g/mol. The standard InChI is InChI=1S/C15H24F2O2Si/c1-3-18-20(19-4-2)11-7-5-6-8-13-9-10-14(16)15(17)12-13/h9-10,12,20H,3-8,11H2,1-2H3. The van der Waals surface area contributed by atoms with E-state index >= 15 is 0 Å².